The summed E-state index contributed by atoms with van der Waals surface area (Å²) in [6.45, 7) is 0. The summed E-state index contributed by atoms with van der Waals surface area (Å²) in [6, 6.07) is 78.1. The molecule has 0 saturated heterocycles. The molecule has 10 aromatic carbocycles. The van der Waals surface area contributed by atoms with Gasteiger partial charge in [-0.25, -0.2) is 0 Å². The van der Waals surface area contributed by atoms with E-state index < -0.39 is 0 Å². The third-order valence-electron chi connectivity index (χ3n) is 12.0. The Morgan fingerprint density at radius 2 is 0.845 bits per heavy atom. The van der Waals surface area contributed by atoms with E-state index in [1.54, 1.807) is 0 Å². The van der Waals surface area contributed by atoms with Crippen molar-refractivity contribution in [1.29, 1.82) is 0 Å². The number of thiophene rings is 1. The summed E-state index contributed by atoms with van der Waals surface area (Å²) < 4.78 is 2.66. The SMILES string of the molecule is c1ccc(-c2ccc(N(c3ccc(-c4cccc5c4sc4ccccc45)cc3)c3cccc4cc5c(cc34)-c3cc4cc(-c6ccccc6)ccc4cc3-5)cc2)cc1. The van der Waals surface area contributed by atoms with Gasteiger partial charge in [0.25, 0.3) is 0 Å². The summed E-state index contributed by atoms with van der Waals surface area (Å²) in [4.78, 5) is 2.43. The van der Waals surface area contributed by atoms with Crippen molar-refractivity contribution in [3.63, 3.8) is 0 Å². The normalized spacial score (nSPS) is 11.8. The maximum absolute atomic E-state index is 2.43. The summed E-state index contributed by atoms with van der Waals surface area (Å²) in [5.41, 5.74) is 16.1. The molecule has 0 amide bonds. The second-order valence-electron chi connectivity index (χ2n) is 15.3. The van der Waals surface area contributed by atoms with Crippen LogP contribution in [-0.4, -0.2) is 0 Å². The Hall–Kier alpha value is -7.26. The van der Waals surface area contributed by atoms with E-state index >= 15 is 0 Å². The molecule has 1 aliphatic rings. The first kappa shape index (κ1) is 32.9. The third-order valence-corrected chi connectivity index (χ3v) is 13.2. The Balaban J connectivity index is 0.986. The van der Waals surface area contributed by atoms with Crippen molar-refractivity contribution < 1.29 is 0 Å². The molecular formula is C56H35NS. The third kappa shape index (κ3) is 5.30. The highest BCUT2D eigenvalue weighted by atomic mass is 32.1. The number of fused-ring (bicyclic) bond motifs is 9. The van der Waals surface area contributed by atoms with Gasteiger partial charge in [0, 0.05) is 36.9 Å². The van der Waals surface area contributed by atoms with E-state index in [0.717, 1.165) is 17.1 Å². The highest BCUT2D eigenvalue weighted by molar-refractivity contribution is 7.26. The molecule has 12 rings (SSSR count). The van der Waals surface area contributed by atoms with Crippen molar-refractivity contribution in [2.45, 2.75) is 0 Å². The van der Waals surface area contributed by atoms with Gasteiger partial charge in [-0.15, -0.1) is 11.3 Å². The van der Waals surface area contributed by atoms with Crippen molar-refractivity contribution in [3.8, 4) is 55.6 Å². The molecule has 0 saturated carbocycles. The highest BCUT2D eigenvalue weighted by Crippen LogP contribution is 2.52. The minimum atomic E-state index is 1.12. The number of benzene rings is 10. The van der Waals surface area contributed by atoms with E-state index in [2.05, 4.69) is 217 Å². The monoisotopic (exact) mass is 753 g/mol. The molecule has 0 radical (unpaired) electrons. The minimum absolute atomic E-state index is 1.12. The van der Waals surface area contributed by atoms with Crippen LogP contribution in [0.1, 0.15) is 0 Å². The summed E-state index contributed by atoms with van der Waals surface area (Å²) in [7, 11) is 0. The van der Waals surface area contributed by atoms with Gasteiger partial charge in [0.1, 0.15) is 0 Å². The zero-order valence-electron chi connectivity index (χ0n) is 31.6. The number of rotatable bonds is 6. The molecule has 0 spiro atoms. The predicted octanol–water partition coefficient (Wildman–Crippen LogP) is 16.5. The second kappa shape index (κ2) is 13.2. The standard InChI is InChI=1S/C56H35NS/c1-3-11-36(12-4-1)38-23-27-44(28-24-38)57(45-29-25-39(26-30-45)46-17-10-18-48-47-16-7-8-20-55(47)58-56(46)48)54-19-9-15-42-33-51-50-32-41-22-21-40(37-13-5-2-6-14-37)31-43(41)34-52(50)53(51)35-49(42)54/h1-35H. The number of hydrogen-bond acceptors (Lipinski definition) is 2. The molecule has 1 aromatic heterocycles. The molecule has 0 unspecified atom stereocenters. The van der Waals surface area contributed by atoms with Crippen molar-refractivity contribution in [2.75, 3.05) is 4.90 Å². The Kier molecular flexibility index (Phi) is 7.47. The maximum atomic E-state index is 2.43. The summed E-state index contributed by atoms with van der Waals surface area (Å²) in [5, 5.41) is 7.66. The van der Waals surface area contributed by atoms with Gasteiger partial charge in [-0.3, -0.25) is 0 Å². The van der Waals surface area contributed by atoms with Gasteiger partial charge >= 0.3 is 0 Å². The van der Waals surface area contributed by atoms with Gasteiger partial charge in [-0.2, -0.15) is 0 Å². The lowest BCUT2D eigenvalue weighted by Gasteiger charge is -2.30. The zero-order chi connectivity index (χ0) is 38.2. The van der Waals surface area contributed by atoms with Crippen LogP contribution in [0.15, 0.2) is 212 Å². The van der Waals surface area contributed by atoms with Gasteiger partial charge in [0.2, 0.25) is 0 Å². The van der Waals surface area contributed by atoms with Gasteiger partial charge in [0.15, 0.2) is 0 Å². The van der Waals surface area contributed by atoms with E-state index in [1.807, 2.05) is 11.3 Å². The smallest absolute Gasteiger partial charge is 0.0540 e. The summed E-state index contributed by atoms with van der Waals surface area (Å²) in [5.74, 6) is 0. The zero-order valence-corrected chi connectivity index (χ0v) is 32.4. The highest BCUT2D eigenvalue weighted by Gasteiger charge is 2.26. The maximum Gasteiger partial charge on any atom is 0.0540 e. The van der Waals surface area contributed by atoms with E-state index in [1.165, 1.54) is 97.4 Å². The Morgan fingerprint density at radius 3 is 1.59 bits per heavy atom. The molecule has 11 aromatic rings. The molecule has 0 aliphatic heterocycles. The molecule has 0 fully saturated rings. The fraction of sp³-hybridized carbons (Fsp3) is 0. The molecule has 1 heterocycles. The lowest BCUT2D eigenvalue weighted by molar-refractivity contribution is 1.30. The number of hydrogen-bond donors (Lipinski definition) is 0. The van der Waals surface area contributed by atoms with Crippen LogP contribution in [0.2, 0.25) is 0 Å². The van der Waals surface area contributed by atoms with Crippen LogP contribution >= 0.6 is 11.3 Å². The first-order valence-electron chi connectivity index (χ1n) is 19.9. The van der Waals surface area contributed by atoms with Gasteiger partial charge in [0.05, 0.1) is 5.69 Å². The topological polar surface area (TPSA) is 3.24 Å². The van der Waals surface area contributed by atoms with E-state index in [0.29, 0.717) is 0 Å². The molecule has 1 nitrogen and oxygen atoms in total. The van der Waals surface area contributed by atoms with Crippen LogP contribution in [0.3, 0.4) is 0 Å². The molecule has 58 heavy (non-hydrogen) atoms. The van der Waals surface area contributed by atoms with Crippen LogP contribution in [0.4, 0.5) is 17.1 Å². The van der Waals surface area contributed by atoms with Crippen molar-refractivity contribution in [2.24, 2.45) is 0 Å². The van der Waals surface area contributed by atoms with Gasteiger partial charge in [-0.1, -0.05) is 146 Å². The molecule has 0 N–H and O–H groups in total. The molecule has 0 bridgehead atoms. The molecule has 1 aliphatic carbocycles. The van der Waals surface area contributed by atoms with Crippen molar-refractivity contribution in [1.82, 2.24) is 0 Å². The Morgan fingerprint density at radius 1 is 0.293 bits per heavy atom. The van der Waals surface area contributed by atoms with Crippen LogP contribution in [0.5, 0.6) is 0 Å². The Bertz CT molecular complexity index is 3360. The number of anilines is 3. The van der Waals surface area contributed by atoms with Crippen LogP contribution in [0, 0.1) is 0 Å². The average molecular weight is 754 g/mol. The van der Waals surface area contributed by atoms with E-state index in [9.17, 15) is 0 Å². The van der Waals surface area contributed by atoms with Crippen LogP contribution < -0.4 is 4.90 Å². The first-order valence-corrected chi connectivity index (χ1v) is 20.7. The molecule has 2 heteroatoms. The van der Waals surface area contributed by atoms with E-state index in [4.69, 9.17) is 0 Å². The predicted molar refractivity (Wildman–Crippen MR) is 250 cm³/mol. The van der Waals surface area contributed by atoms with Crippen molar-refractivity contribution >= 4 is 70.1 Å². The first-order chi connectivity index (χ1) is 28.7. The lowest BCUT2D eigenvalue weighted by atomic mass is 9.77. The van der Waals surface area contributed by atoms with Crippen molar-refractivity contribution in [3.05, 3.63) is 212 Å². The molecule has 270 valence electrons. The Labute approximate surface area is 341 Å². The van der Waals surface area contributed by atoms with Gasteiger partial charge < -0.3 is 4.90 Å². The second-order valence-corrected chi connectivity index (χ2v) is 16.3. The quantitative estimate of drug-likeness (QED) is 0.163. The average Bonchev–Trinajstić information content (AvgIpc) is 3.68. The largest absolute Gasteiger partial charge is 0.310 e. The van der Waals surface area contributed by atoms with E-state index in [-0.39, 0.29) is 0 Å². The number of nitrogens with zero attached hydrogens (tertiary/aromatic N) is 1. The summed E-state index contributed by atoms with van der Waals surface area (Å²) in [6.07, 6.45) is 0. The molecule has 0 atom stereocenters. The molecular weight excluding hydrogens is 719 g/mol. The van der Waals surface area contributed by atoms with Crippen LogP contribution in [0.25, 0.3) is 97.4 Å². The minimum Gasteiger partial charge on any atom is -0.310 e. The fourth-order valence-corrected chi connectivity index (χ4v) is 10.3. The van der Waals surface area contributed by atoms with Crippen LogP contribution in [-0.2, 0) is 0 Å². The summed E-state index contributed by atoms with van der Waals surface area (Å²) >= 11 is 1.88. The van der Waals surface area contributed by atoms with Gasteiger partial charge in [-0.05, 0) is 139 Å². The lowest BCUT2D eigenvalue weighted by Crippen LogP contribution is -2.11. The fourth-order valence-electron chi connectivity index (χ4n) is 9.07.